The fraction of sp³-hybridized carbons (Fsp3) is 0.200. The molecule has 8 heteroatoms. The SMILES string of the molecule is CCc1cccc2c(C(=O)CSc3nc(N)nc(N)n3)c[nH]c12. The monoisotopic (exact) mass is 328 g/mol. The molecule has 0 unspecified atom stereocenters. The van der Waals surface area contributed by atoms with Crippen LogP contribution in [-0.2, 0) is 6.42 Å². The molecule has 0 radical (unpaired) electrons. The summed E-state index contributed by atoms with van der Waals surface area (Å²) in [5, 5.41) is 1.28. The van der Waals surface area contributed by atoms with Crippen LogP contribution in [0.1, 0.15) is 22.8 Å². The standard InChI is InChI=1S/C15H16N6OS/c1-2-8-4-3-5-9-10(6-18-12(8)9)11(22)7-23-15-20-13(16)19-14(17)21-15/h3-6,18H,2,7H2,1H3,(H4,16,17,19,20,21). The molecule has 1 aromatic carbocycles. The van der Waals surface area contributed by atoms with E-state index in [0.717, 1.165) is 17.3 Å². The summed E-state index contributed by atoms with van der Waals surface area (Å²) in [7, 11) is 0. The first-order valence-electron chi connectivity index (χ1n) is 7.10. The minimum atomic E-state index is -0.00735. The highest BCUT2D eigenvalue weighted by Gasteiger charge is 2.15. The predicted octanol–water partition coefficient (Wildman–Crippen LogP) is 2.05. The van der Waals surface area contributed by atoms with Gasteiger partial charge < -0.3 is 16.5 Å². The Hall–Kier alpha value is -2.61. The van der Waals surface area contributed by atoms with Crippen LogP contribution in [0, 0.1) is 0 Å². The van der Waals surface area contributed by atoms with Crippen molar-refractivity contribution in [3.63, 3.8) is 0 Å². The lowest BCUT2D eigenvalue weighted by Gasteiger charge is -2.02. The Bertz CT molecular complexity index is 855. The van der Waals surface area contributed by atoms with Crippen molar-refractivity contribution in [2.45, 2.75) is 18.5 Å². The predicted molar refractivity (Wildman–Crippen MR) is 91.4 cm³/mol. The average Bonchev–Trinajstić information content (AvgIpc) is 2.95. The number of nitrogens with one attached hydrogen (secondary N) is 1. The van der Waals surface area contributed by atoms with Crippen LogP contribution < -0.4 is 11.5 Å². The van der Waals surface area contributed by atoms with E-state index in [2.05, 4.69) is 32.9 Å². The molecule has 0 bridgehead atoms. The summed E-state index contributed by atoms with van der Waals surface area (Å²) >= 11 is 1.19. The van der Waals surface area contributed by atoms with Crippen molar-refractivity contribution >= 4 is 40.3 Å². The molecule has 5 N–H and O–H groups in total. The summed E-state index contributed by atoms with van der Waals surface area (Å²) in [6, 6.07) is 5.96. The molecule has 0 aliphatic rings. The van der Waals surface area contributed by atoms with E-state index in [4.69, 9.17) is 11.5 Å². The third kappa shape index (κ3) is 3.11. The molecular weight excluding hydrogens is 312 g/mol. The normalized spacial score (nSPS) is 11.0. The maximum absolute atomic E-state index is 12.5. The molecule has 0 fully saturated rings. The van der Waals surface area contributed by atoms with E-state index in [1.807, 2.05) is 12.1 Å². The van der Waals surface area contributed by atoms with Gasteiger partial charge in [0.2, 0.25) is 11.9 Å². The zero-order chi connectivity index (χ0) is 16.4. The second-order valence-electron chi connectivity index (χ2n) is 4.94. The Balaban J connectivity index is 1.81. The fourth-order valence-electron chi connectivity index (χ4n) is 2.40. The smallest absolute Gasteiger partial charge is 0.225 e. The number of para-hydroxylation sites is 1. The summed E-state index contributed by atoms with van der Waals surface area (Å²) < 4.78 is 0. The Labute approximate surface area is 136 Å². The van der Waals surface area contributed by atoms with Gasteiger partial charge in [0.1, 0.15) is 0 Å². The van der Waals surface area contributed by atoms with Crippen LogP contribution >= 0.6 is 11.8 Å². The number of aromatic amines is 1. The largest absolute Gasteiger partial charge is 0.368 e. The number of carbonyl (C=O) groups excluding carboxylic acids is 1. The number of aryl methyl sites for hydroxylation is 1. The Morgan fingerprint density at radius 3 is 2.65 bits per heavy atom. The first-order chi connectivity index (χ1) is 11.1. The summed E-state index contributed by atoms with van der Waals surface area (Å²) in [5.74, 6) is 0.290. The van der Waals surface area contributed by atoms with Crippen molar-refractivity contribution < 1.29 is 4.79 Å². The van der Waals surface area contributed by atoms with Gasteiger partial charge in [-0.05, 0) is 12.0 Å². The number of thioether (sulfide) groups is 1. The number of hydrogen-bond donors (Lipinski definition) is 3. The van der Waals surface area contributed by atoms with E-state index in [0.29, 0.717) is 10.7 Å². The van der Waals surface area contributed by atoms with E-state index in [9.17, 15) is 4.79 Å². The number of fused-ring (bicyclic) bond motifs is 1. The fourth-order valence-corrected chi connectivity index (χ4v) is 3.14. The lowest BCUT2D eigenvalue weighted by Crippen LogP contribution is -2.06. The van der Waals surface area contributed by atoms with Crippen LogP contribution in [0.25, 0.3) is 10.9 Å². The molecule has 2 aromatic heterocycles. The maximum atomic E-state index is 12.5. The summed E-state index contributed by atoms with van der Waals surface area (Å²) in [5.41, 5.74) is 13.9. The van der Waals surface area contributed by atoms with Gasteiger partial charge in [-0.3, -0.25) is 4.79 Å². The highest BCUT2D eigenvalue weighted by molar-refractivity contribution is 7.99. The van der Waals surface area contributed by atoms with Crippen LogP contribution in [0.2, 0.25) is 0 Å². The highest BCUT2D eigenvalue weighted by Crippen LogP contribution is 2.24. The molecular formula is C15H16N6OS. The van der Waals surface area contributed by atoms with E-state index in [-0.39, 0.29) is 23.4 Å². The average molecular weight is 328 g/mol. The molecule has 2 heterocycles. The van der Waals surface area contributed by atoms with Crippen LogP contribution in [0.4, 0.5) is 11.9 Å². The number of H-pyrrole nitrogens is 1. The number of ketones is 1. The van der Waals surface area contributed by atoms with Crippen molar-refractivity contribution in [2.75, 3.05) is 17.2 Å². The van der Waals surface area contributed by atoms with Crippen molar-refractivity contribution in [1.29, 1.82) is 0 Å². The first-order valence-corrected chi connectivity index (χ1v) is 8.09. The Morgan fingerprint density at radius 2 is 1.96 bits per heavy atom. The van der Waals surface area contributed by atoms with Gasteiger partial charge in [0.15, 0.2) is 10.9 Å². The number of aromatic nitrogens is 4. The van der Waals surface area contributed by atoms with Gasteiger partial charge in [-0.2, -0.15) is 15.0 Å². The second kappa shape index (κ2) is 6.25. The van der Waals surface area contributed by atoms with Crippen molar-refractivity contribution in [1.82, 2.24) is 19.9 Å². The van der Waals surface area contributed by atoms with E-state index in [1.165, 1.54) is 17.3 Å². The number of hydrogen-bond acceptors (Lipinski definition) is 7. The molecule has 0 saturated heterocycles. The molecule has 3 rings (SSSR count). The van der Waals surface area contributed by atoms with Gasteiger partial charge in [0.05, 0.1) is 5.75 Å². The third-order valence-corrected chi connectivity index (χ3v) is 4.31. The topological polar surface area (TPSA) is 124 Å². The first kappa shape index (κ1) is 15.3. The molecule has 3 aromatic rings. The molecule has 118 valence electrons. The number of anilines is 2. The lowest BCUT2D eigenvalue weighted by molar-refractivity contribution is 0.102. The maximum Gasteiger partial charge on any atom is 0.225 e. The number of carbonyl (C=O) groups is 1. The number of nitrogen functional groups attached to an aromatic ring is 2. The summed E-state index contributed by atoms with van der Waals surface area (Å²) in [6.07, 6.45) is 2.66. The van der Waals surface area contributed by atoms with Gasteiger partial charge in [0, 0.05) is 22.7 Å². The minimum Gasteiger partial charge on any atom is -0.368 e. The van der Waals surface area contributed by atoms with E-state index in [1.54, 1.807) is 6.20 Å². The molecule has 7 nitrogen and oxygen atoms in total. The quantitative estimate of drug-likeness (QED) is 0.483. The third-order valence-electron chi connectivity index (χ3n) is 3.46. The van der Waals surface area contributed by atoms with Gasteiger partial charge >= 0.3 is 0 Å². The van der Waals surface area contributed by atoms with Gasteiger partial charge in [-0.1, -0.05) is 36.9 Å². The number of Topliss-reactive ketones (excluding diaryl/α,β-unsaturated/α-hetero) is 1. The molecule has 23 heavy (non-hydrogen) atoms. The number of benzene rings is 1. The molecule has 0 spiro atoms. The van der Waals surface area contributed by atoms with Crippen LogP contribution in [0.5, 0.6) is 0 Å². The highest BCUT2D eigenvalue weighted by atomic mass is 32.2. The van der Waals surface area contributed by atoms with Crippen LogP contribution in [0.15, 0.2) is 29.6 Å². The van der Waals surface area contributed by atoms with Crippen molar-refractivity contribution in [2.24, 2.45) is 0 Å². The molecule has 0 saturated carbocycles. The number of nitrogens with zero attached hydrogens (tertiary/aromatic N) is 3. The molecule has 0 atom stereocenters. The van der Waals surface area contributed by atoms with Gasteiger partial charge in [0.25, 0.3) is 0 Å². The van der Waals surface area contributed by atoms with Crippen molar-refractivity contribution in [3.8, 4) is 0 Å². The molecule has 0 aliphatic heterocycles. The Kier molecular flexibility index (Phi) is 4.16. The zero-order valence-electron chi connectivity index (χ0n) is 12.5. The molecule has 0 aliphatic carbocycles. The Morgan fingerprint density at radius 1 is 1.22 bits per heavy atom. The van der Waals surface area contributed by atoms with Gasteiger partial charge in [-0.25, -0.2) is 0 Å². The van der Waals surface area contributed by atoms with Gasteiger partial charge in [-0.15, -0.1) is 0 Å². The summed E-state index contributed by atoms with van der Waals surface area (Å²) in [4.78, 5) is 27.3. The van der Waals surface area contributed by atoms with Crippen molar-refractivity contribution in [3.05, 3.63) is 35.5 Å². The van der Waals surface area contributed by atoms with E-state index < -0.39 is 0 Å². The van der Waals surface area contributed by atoms with E-state index >= 15 is 0 Å². The second-order valence-corrected chi connectivity index (χ2v) is 5.88. The lowest BCUT2D eigenvalue weighted by atomic mass is 10.1. The summed E-state index contributed by atoms with van der Waals surface area (Å²) in [6.45, 7) is 2.09. The zero-order valence-corrected chi connectivity index (χ0v) is 13.4. The minimum absolute atomic E-state index is 0.00735. The van der Waals surface area contributed by atoms with Crippen LogP contribution in [0.3, 0.4) is 0 Å². The molecule has 0 amide bonds. The van der Waals surface area contributed by atoms with Crippen LogP contribution in [-0.4, -0.2) is 31.5 Å². The number of rotatable bonds is 5. The number of nitrogens with two attached hydrogens (primary N) is 2.